The molecule has 0 bridgehead atoms. The number of nitrogens with zero attached hydrogens (tertiary/aromatic N) is 1. The summed E-state index contributed by atoms with van der Waals surface area (Å²) in [4.78, 5) is 14.8. The van der Waals surface area contributed by atoms with Gasteiger partial charge in [0.15, 0.2) is 0 Å². The van der Waals surface area contributed by atoms with Crippen molar-refractivity contribution in [3.63, 3.8) is 0 Å². The van der Waals surface area contributed by atoms with Crippen LogP contribution in [0.4, 0.5) is 0 Å². The van der Waals surface area contributed by atoms with Crippen molar-refractivity contribution in [2.24, 2.45) is 5.41 Å². The lowest BCUT2D eigenvalue weighted by Crippen LogP contribution is -2.43. The summed E-state index contributed by atoms with van der Waals surface area (Å²) in [5.74, 6) is 0.172. The fourth-order valence-corrected chi connectivity index (χ4v) is 4.02. The van der Waals surface area contributed by atoms with E-state index in [0.29, 0.717) is 0 Å². The molecule has 0 saturated carbocycles. The molecule has 20 heavy (non-hydrogen) atoms. The molecule has 0 aromatic heterocycles. The predicted molar refractivity (Wildman–Crippen MR) is 77.6 cm³/mol. The molecule has 3 fully saturated rings. The van der Waals surface area contributed by atoms with E-state index in [0.717, 1.165) is 32.5 Å². The first-order valence-corrected chi connectivity index (χ1v) is 7.32. The van der Waals surface area contributed by atoms with Gasteiger partial charge in [-0.1, -0.05) is 42.0 Å². The molecule has 3 heterocycles. The summed E-state index contributed by atoms with van der Waals surface area (Å²) in [6.45, 7) is 2.86. The highest BCUT2D eigenvalue weighted by molar-refractivity contribution is 5.86. The smallest absolute Gasteiger partial charge is 0.243 e. The minimum absolute atomic E-state index is 0.172. The Morgan fingerprint density at radius 3 is 2.85 bits per heavy atom. The molecule has 3 aliphatic rings. The van der Waals surface area contributed by atoms with Gasteiger partial charge in [0.25, 0.3) is 0 Å². The Balaban J connectivity index is 1.72. The third-order valence-electron chi connectivity index (χ3n) is 4.98. The second-order valence-electron chi connectivity index (χ2n) is 6.03. The molecule has 104 valence electrons. The van der Waals surface area contributed by atoms with E-state index >= 15 is 0 Å². The van der Waals surface area contributed by atoms with Gasteiger partial charge in [-0.2, -0.15) is 0 Å². The fourth-order valence-electron chi connectivity index (χ4n) is 4.02. The zero-order valence-electron chi connectivity index (χ0n) is 11.4. The lowest BCUT2D eigenvalue weighted by Gasteiger charge is -2.28. The van der Waals surface area contributed by atoms with Crippen molar-refractivity contribution in [2.75, 3.05) is 19.6 Å². The second-order valence-corrected chi connectivity index (χ2v) is 6.03. The maximum absolute atomic E-state index is 12.3. The summed E-state index contributed by atoms with van der Waals surface area (Å²) < 4.78 is 0. The van der Waals surface area contributed by atoms with Crippen LogP contribution in [0.3, 0.4) is 0 Å². The average molecular weight is 269 g/mol. The van der Waals surface area contributed by atoms with Crippen LogP contribution in [0.5, 0.6) is 0 Å². The van der Waals surface area contributed by atoms with Gasteiger partial charge in [-0.15, -0.1) is 0 Å². The Bertz CT molecular complexity index is 568. The number of hydrazine groups is 1. The first-order chi connectivity index (χ1) is 9.79. The Labute approximate surface area is 118 Å². The molecule has 4 rings (SSSR count). The van der Waals surface area contributed by atoms with E-state index in [-0.39, 0.29) is 17.4 Å². The first-order valence-electron chi connectivity index (χ1n) is 7.32. The number of carbonyl (C=O) groups excluding carboxylic acids is 1. The number of hydrogen-bond donors (Lipinski definition) is 2. The van der Waals surface area contributed by atoms with Gasteiger partial charge < -0.3 is 0 Å². The fraction of sp³-hybridized carbons (Fsp3) is 0.438. The van der Waals surface area contributed by atoms with Crippen LogP contribution in [0.1, 0.15) is 18.4 Å². The number of carbonyl (C=O) groups is 1. The average Bonchev–Trinajstić information content (AvgIpc) is 3.13. The summed E-state index contributed by atoms with van der Waals surface area (Å²) in [7, 11) is 0. The summed E-state index contributed by atoms with van der Waals surface area (Å²) in [5, 5.41) is 0. The van der Waals surface area contributed by atoms with Crippen LogP contribution in [0.15, 0.2) is 35.9 Å². The quantitative estimate of drug-likeness (QED) is 0.804. The van der Waals surface area contributed by atoms with E-state index in [2.05, 4.69) is 46.1 Å². The van der Waals surface area contributed by atoms with E-state index in [4.69, 9.17) is 0 Å². The predicted octanol–water partition coefficient (Wildman–Crippen LogP) is 1.17. The molecular weight excluding hydrogens is 250 g/mol. The minimum Gasteiger partial charge on any atom is -0.295 e. The molecule has 0 aliphatic carbocycles. The zero-order chi connectivity index (χ0) is 13.6. The third kappa shape index (κ3) is 1.65. The zero-order valence-corrected chi connectivity index (χ0v) is 11.4. The van der Waals surface area contributed by atoms with E-state index < -0.39 is 0 Å². The van der Waals surface area contributed by atoms with Gasteiger partial charge in [-0.05, 0) is 24.9 Å². The number of amides is 1. The van der Waals surface area contributed by atoms with Gasteiger partial charge >= 0.3 is 0 Å². The highest BCUT2D eigenvalue weighted by Gasteiger charge is 2.57. The highest BCUT2D eigenvalue weighted by Crippen LogP contribution is 2.46. The monoisotopic (exact) mass is 269 g/mol. The van der Waals surface area contributed by atoms with Crippen molar-refractivity contribution < 1.29 is 4.79 Å². The molecule has 1 aromatic carbocycles. The molecule has 2 atom stereocenters. The van der Waals surface area contributed by atoms with E-state index in [1.54, 1.807) is 0 Å². The molecule has 4 nitrogen and oxygen atoms in total. The standard InChI is InChI=1S/C16H19N3O/c20-15-16(11-17-18-15)7-9-19-8-6-13(14(16)19)10-12-4-2-1-3-5-12/h1-5,10,14,17H,6-9,11H2,(H,18,20)/b13-10+. The van der Waals surface area contributed by atoms with Gasteiger partial charge in [-0.25, -0.2) is 5.43 Å². The normalized spacial score (nSPS) is 34.9. The summed E-state index contributed by atoms with van der Waals surface area (Å²) in [5.41, 5.74) is 8.25. The Hall–Kier alpha value is -1.65. The Morgan fingerprint density at radius 2 is 2.10 bits per heavy atom. The molecule has 1 spiro atoms. The van der Waals surface area contributed by atoms with Crippen molar-refractivity contribution in [2.45, 2.75) is 18.9 Å². The first kappa shape index (κ1) is 12.1. The SMILES string of the molecule is O=C1NNCC12CCN1CC/C(=C\c3ccccc3)C12. The molecule has 0 radical (unpaired) electrons. The van der Waals surface area contributed by atoms with Crippen LogP contribution in [0.2, 0.25) is 0 Å². The molecule has 3 saturated heterocycles. The third-order valence-corrected chi connectivity index (χ3v) is 4.98. The van der Waals surface area contributed by atoms with Gasteiger partial charge in [-0.3, -0.25) is 15.1 Å². The number of fused-ring (bicyclic) bond motifs is 2. The van der Waals surface area contributed by atoms with Gasteiger partial charge in [0, 0.05) is 19.1 Å². The summed E-state index contributed by atoms with van der Waals surface area (Å²) in [6.07, 6.45) is 4.32. The number of nitrogens with one attached hydrogen (secondary N) is 2. The summed E-state index contributed by atoms with van der Waals surface area (Å²) in [6, 6.07) is 10.7. The Kier molecular flexibility index (Phi) is 2.69. The number of hydrogen-bond acceptors (Lipinski definition) is 3. The van der Waals surface area contributed by atoms with Crippen LogP contribution in [0, 0.1) is 5.41 Å². The maximum Gasteiger partial charge on any atom is 0.243 e. The molecular formula is C16H19N3O. The lowest BCUT2D eigenvalue weighted by molar-refractivity contribution is -0.127. The molecule has 2 unspecified atom stereocenters. The van der Waals surface area contributed by atoms with Crippen molar-refractivity contribution in [1.82, 2.24) is 15.8 Å². The molecule has 2 N–H and O–H groups in total. The summed E-state index contributed by atoms with van der Waals surface area (Å²) >= 11 is 0. The van der Waals surface area contributed by atoms with Crippen LogP contribution in [0.25, 0.3) is 6.08 Å². The molecule has 1 amide bonds. The van der Waals surface area contributed by atoms with Crippen LogP contribution in [-0.2, 0) is 4.79 Å². The lowest BCUT2D eigenvalue weighted by atomic mass is 9.77. The van der Waals surface area contributed by atoms with Gasteiger partial charge in [0.2, 0.25) is 5.91 Å². The van der Waals surface area contributed by atoms with Crippen molar-refractivity contribution >= 4 is 12.0 Å². The topological polar surface area (TPSA) is 44.4 Å². The van der Waals surface area contributed by atoms with E-state index in [1.807, 2.05) is 6.07 Å². The molecule has 3 aliphatic heterocycles. The second kappa shape index (κ2) is 4.43. The highest BCUT2D eigenvalue weighted by atomic mass is 16.2. The molecule has 1 aromatic rings. The van der Waals surface area contributed by atoms with Crippen LogP contribution < -0.4 is 10.9 Å². The number of benzene rings is 1. The van der Waals surface area contributed by atoms with Crippen molar-refractivity contribution in [3.8, 4) is 0 Å². The maximum atomic E-state index is 12.3. The van der Waals surface area contributed by atoms with Crippen molar-refractivity contribution in [3.05, 3.63) is 41.5 Å². The van der Waals surface area contributed by atoms with Gasteiger partial charge in [0.1, 0.15) is 0 Å². The van der Waals surface area contributed by atoms with E-state index in [9.17, 15) is 4.79 Å². The molecule has 4 heteroatoms. The van der Waals surface area contributed by atoms with E-state index in [1.165, 1.54) is 11.1 Å². The van der Waals surface area contributed by atoms with Crippen LogP contribution in [-0.4, -0.2) is 36.5 Å². The van der Waals surface area contributed by atoms with Crippen LogP contribution >= 0.6 is 0 Å². The Morgan fingerprint density at radius 1 is 1.25 bits per heavy atom. The number of rotatable bonds is 1. The van der Waals surface area contributed by atoms with Crippen molar-refractivity contribution in [1.29, 1.82) is 0 Å². The minimum atomic E-state index is -0.253. The van der Waals surface area contributed by atoms with Gasteiger partial charge in [0.05, 0.1) is 5.41 Å². The largest absolute Gasteiger partial charge is 0.295 e.